The first-order chi connectivity index (χ1) is 9.08. The lowest BCUT2D eigenvalue weighted by Crippen LogP contribution is -2.24. The van der Waals surface area contributed by atoms with Crippen LogP contribution in [-0.4, -0.2) is 11.9 Å². The lowest BCUT2D eigenvalue weighted by molar-refractivity contribution is 0.100. The molecule has 0 aromatic heterocycles. The monoisotopic (exact) mass is 317 g/mol. The van der Waals surface area contributed by atoms with Crippen LogP contribution in [-0.2, 0) is 0 Å². The fraction of sp³-hybridized carbons (Fsp3) is 0. The van der Waals surface area contributed by atoms with E-state index in [2.05, 4.69) is 20.9 Å². The van der Waals surface area contributed by atoms with Gasteiger partial charge in [0.1, 0.15) is 0 Å². The van der Waals surface area contributed by atoms with Crippen molar-refractivity contribution in [1.29, 1.82) is 0 Å². The van der Waals surface area contributed by atoms with E-state index in [1.54, 1.807) is 12.1 Å². The molecule has 2 aromatic carbocycles. The lowest BCUT2D eigenvalue weighted by atomic mass is 10.0. The van der Waals surface area contributed by atoms with Crippen molar-refractivity contribution in [2.45, 2.75) is 0 Å². The van der Waals surface area contributed by atoms with Gasteiger partial charge < -0.3 is 11.5 Å². The van der Waals surface area contributed by atoms with Gasteiger partial charge in [0.15, 0.2) is 5.96 Å². The molecule has 0 aliphatic rings. The summed E-state index contributed by atoms with van der Waals surface area (Å²) < 4.78 is 0.655. The Morgan fingerprint density at radius 1 is 1.00 bits per heavy atom. The zero-order valence-electron chi connectivity index (χ0n) is 10.0. The zero-order valence-corrected chi connectivity index (χ0v) is 11.6. The molecule has 0 aliphatic heterocycles. The molecular formula is C14H12BrN3O. The van der Waals surface area contributed by atoms with Crippen molar-refractivity contribution in [2.24, 2.45) is 16.5 Å². The second kappa shape index (κ2) is 5.67. The molecule has 1 amide bonds. The Balaban J connectivity index is 2.46. The molecule has 0 saturated carbocycles. The standard InChI is InChI=1S/C14H12BrN3O/c15-12-7-6-10(9-4-2-1-3-5-9)8-11(12)13(19)18-14(16)17/h1-8H,(H4,16,17,18,19). The van der Waals surface area contributed by atoms with Gasteiger partial charge in [-0.1, -0.05) is 36.4 Å². The minimum atomic E-state index is -0.468. The van der Waals surface area contributed by atoms with Crippen LogP contribution in [0.25, 0.3) is 11.1 Å². The Bertz CT molecular complexity index is 634. The summed E-state index contributed by atoms with van der Waals surface area (Å²) in [5.41, 5.74) is 12.8. The number of carbonyl (C=O) groups excluding carboxylic acids is 1. The molecule has 2 rings (SSSR count). The average molecular weight is 318 g/mol. The third-order valence-corrected chi connectivity index (χ3v) is 3.23. The number of aliphatic imine (C=N–C) groups is 1. The number of nitrogens with zero attached hydrogens (tertiary/aromatic N) is 1. The number of guanidine groups is 1. The van der Waals surface area contributed by atoms with Gasteiger partial charge in [-0.05, 0) is 39.2 Å². The zero-order chi connectivity index (χ0) is 13.8. The van der Waals surface area contributed by atoms with Crippen LogP contribution in [0.15, 0.2) is 58.0 Å². The summed E-state index contributed by atoms with van der Waals surface area (Å²) in [5.74, 6) is -0.716. The molecule has 2 aromatic rings. The summed E-state index contributed by atoms with van der Waals surface area (Å²) in [6, 6.07) is 15.2. The molecule has 5 heteroatoms. The SMILES string of the molecule is NC(N)=NC(=O)c1cc(-c2ccccc2)ccc1Br. The van der Waals surface area contributed by atoms with Gasteiger partial charge in [-0.15, -0.1) is 0 Å². The third kappa shape index (κ3) is 3.20. The number of amides is 1. The molecule has 0 fully saturated rings. The van der Waals surface area contributed by atoms with Gasteiger partial charge in [-0.25, -0.2) is 0 Å². The molecule has 0 radical (unpaired) electrons. The molecule has 0 atom stereocenters. The van der Waals surface area contributed by atoms with E-state index >= 15 is 0 Å². The van der Waals surface area contributed by atoms with Crippen LogP contribution in [0.5, 0.6) is 0 Å². The Labute approximate surface area is 119 Å². The summed E-state index contributed by atoms with van der Waals surface area (Å²) in [6.07, 6.45) is 0. The van der Waals surface area contributed by atoms with Gasteiger partial charge in [0.2, 0.25) is 0 Å². The molecule has 0 heterocycles. The van der Waals surface area contributed by atoms with Crippen LogP contribution in [0.1, 0.15) is 10.4 Å². The van der Waals surface area contributed by atoms with E-state index < -0.39 is 5.91 Å². The molecule has 0 aliphatic carbocycles. The van der Waals surface area contributed by atoms with Crippen LogP contribution in [0.4, 0.5) is 0 Å². The Morgan fingerprint density at radius 2 is 1.68 bits per heavy atom. The molecule has 0 spiro atoms. The number of benzene rings is 2. The van der Waals surface area contributed by atoms with E-state index in [1.807, 2.05) is 36.4 Å². The molecular weight excluding hydrogens is 306 g/mol. The number of rotatable bonds is 2. The van der Waals surface area contributed by atoms with E-state index in [9.17, 15) is 4.79 Å². The third-order valence-electron chi connectivity index (χ3n) is 2.53. The number of carbonyl (C=O) groups is 1. The molecule has 0 bridgehead atoms. The van der Waals surface area contributed by atoms with Crippen molar-refractivity contribution in [3.8, 4) is 11.1 Å². The van der Waals surface area contributed by atoms with Crippen molar-refractivity contribution >= 4 is 27.8 Å². The van der Waals surface area contributed by atoms with Crippen molar-refractivity contribution in [3.05, 3.63) is 58.6 Å². The maximum atomic E-state index is 11.9. The summed E-state index contributed by atoms with van der Waals surface area (Å²) in [7, 11) is 0. The first-order valence-corrected chi connectivity index (χ1v) is 6.36. The second-order valence-electron chi connectivity index (χ2n) is 3.90. The van der Waals surface area contributed by atoms with Crippen LogP contribution in [0, 0.1) is 0 Å². The highest BCUT2D eigenvalue weighted by atomic mass is 79.9. The fourth-order valence-electron chi connectivity index (χ4n) is 1.68. The van der Waals surface area contributed by atoms with Gasteiger partial charge in [0.05, 0.1) is 5.56 Å². The van der Waals surface area contributed by atoms with E-state index in [0.717, 1.165) is 11.1 Å². The van der Waals surface area contributed by atoms with Crippen molar-refractivity contribution in [3.63, 3.8) is 0 Å². The van der Waals surface area contributed by atoms with Crippen LogP contribution >= 0.6 is 15.9 Å². The van der Waals surface area contributed by atoms with Crippen LogP contribution < -0.4 is 11.5 Å². The highest BCUT2D eigenvalue weighted by Crippen LogP contribution is 2.25. The smallest absolute Gasteiger partial charge is 0.281 e. The minimum Gasteiger partial charge on any atom is -0.370 e. The molecule has 19 heavy (non-hydrogen) atoms. The normalized spacial score (nSPS) is 9.95. The first-order valence-electron chi connectivity index (χ1n) is 5.57. The van der Waals surface area contributed by atoms with Gasteiger partial charge in [0.25, 0.3) is 5.91 Å². The summed E-state index contributed by atoms with van der Waals surface area (Å²) >= 11 is 3.32. The number of hydrogen-bond acceptors (Lipinski definition) is 1. The lowest BCUT2D eigenvalue weighted by Gasteiger charge is -2.05. The van der Waals surface area contributed by atoms with Gasteiger partial charge in [-0.2, -0.15) is 4.99 Å². The predicted molar refractivity (Wildman–Crippen MR) is 79.7 cm³/mol. The van der Waals surface area contributed by atoms with Crippen molar-refractivity contribution in [1.82, 2.24) is 0 Å². The topological polar surface area (TPSA) is 81.5 Å². The van der Waals surface area contributed by atoms with Gasteiger partial charge in [0, 0.05) is 4.47 Å². The molecule has 4 N–H and O–H groups in total. The first kappa shape index (κ1) is 13.3. The molecule has 96 valence electrons. The quantitative estimate of drug-likeness (QED) is 0.659. The minimum absolute atomic E-state index is 0.248. The summed E-state index contributed by atoms with van der Waals surface area (Å²) in [4.78, 5) is 15.4. The Kier molecular flexibility index (Phi) is 3.97. The average Bonchev–Trinajstić information content (AvgIpc) is 2.39. The molecule has 0 unspecified atom stereocenters. The maximum absolute atomic E-state index is 11.9. The fourth-order valence-corrected chi connectivity index (χ4v) is 2.09. The molecule has 4 nitrogen and oxygen atoms in total. The highest BCUT2D eigenvalue weighted by molar-refractivity contribution is 9.10. The van der Waals surface area contributed by atoms with Crippen molar-refractivity contribution in [2.75, 3.05) is 0 Å². The number of halogens is 1. The van der Waals surface area contributed by atoms with Crippen LogP contribution in [0.2, 0.25) is 0 Å². The van der Waals surface area contributed by atoms with Crippen molar-refractivity contribution < 1.29 is 4.79 Å². The largest absolute Gasteiger partial charge is 0.370 e. The Hall–Kier alpha value is -2.14. The number of hydrogen-bond donors (Lipinski definition) is 2. The summed E-state index contributed by atoms with van der Waals surface area (Å²) in [5, 5.41) is 0. The van der Waals surface area contributed by atoms with Gasteiger partial charge in [-0.3, -0.25) is 4.79 Å². The molecule has 0 saturated heterocycles. The van der Waals surface area contributed by atoms with Crippen LogP contribution in [0.3, 0.4) is 0 Å². The van der Waals surface area contributed by atoms with Gasteiger partial charge >= 0.3 is 0 Å². The van der Waals surface area contributed by atoms with E-state index in [-0.39, 0.29) is 5.96 Å². The van der Waals surface area contributed by atoms with E-state index in [0.29, 0.717) is 10.0 Å². The Morgan fingerprint density at radius 3 is 2.32 bits per heavy atom. The predicted octanol–water partition coefficient (Wildman–Crippen LogP) is 2.53. The highest BCUT2D eigenvalue weighted by Gasteiger charge is 2.11. The second-order valence-corrected chi connectivity index (χ2v) is 4.76. The number of nitrogens with two attached hydrogens (primary N) is 2. The van der Waals surface area contributed by atoms with E-state index in [4.69, 9.17) is 11.5 Å². The van der Waals surface area contributed by atoms with E-state index in [1.165, 1.54) is 0 Å². The summed E-state index contributed by atoms with van der Waals surface area (Å²) in [6.45, 7) is 0. The maximum Gasteiger partial charge on any atom is 0.281 e.